The molecule has 2 aromatic rings. The molecule has 316 valence electrons. The van der Waals surface area contributed by atoms with E-state index in [1.54, 1.807) is 24.3 Å². The van der Waals surface area contributed by atoms with E-state index in [2.05, 4.69) is 41.5 Å². The average molecular weight is 781 g/mol. The fourth-order valence-electron chi connectivity index (χ4n) is 6.99. The highest BCUT2D eigenvalue weighted by atomic mass is 16.5. The standard InChI is InChI=1S/2C24H38O4/c1-5-9-13-19(7-3)17-27-23(25)21-15-11-12-16-22(21)24(26)28-18-20(8-4)14-10-6-2;1-3-5-7-9-11-13-15-19-17-18-21(23(25)26)22(24(27)28)20(19)16-14-12-10-8-6-4-2/h11-12,15-16,19-20H,5-10,13-14,17-18H2,1-4H3;17-18H,3-16H2,1-2H3,(H,25,26)(H,27,28). The van der Waals surface area contributed by atoms with Crippen LogP contribution in [0.4, 0.5) is 0 Å². The number of carboxylic acid groups (broad SMARTS) is 2. The van der Waals surface area contributed by atoms with Crippen LogP contribution in [-0.4, -0.2) is 47.3 Å². The Bertz CT molecular complexity index is 1350. The van der Waals surface area contributed by atoms with E-state index < -0.39 is 23.9 Å². The topological polar surface area (TPSA) is 127 Å². The molecule has 0 radical (unpaired) electrons. The van der Waals surface area contributed by atoms with Gasteiger partial charge in [-0.1, -0.05) is 162 Å². The number of aryl methyl sites for hydroxylation is 1. The van der Waals surface area contributed by atoms with Gasteiger partial charge in [0.25, 0.3) is 0 Å². The quantitative estimate of drug-likeness (QED) is 0.0592. The molecule has 2 atom stereocenters. The molecule has 0 fully saturated rings. The van der Waals surface area contributed by atoms with Gasteiger partial charge in [0.15, 0.2) is 0 Å². The van der Waals surface area contributed by atoms with Crippen molar-refractivity contribution in [3.8, 4) is 0 Å². The first-order chi connectivity index (χ1) is 27.1. The van der Waals surface area contributed by atoms with Gasteiger partial charge < -0.3 is 19.7 Å². The molecule has 0 saturated heterocycles. The van der Waals surface area contributed by atoms with Crippen molar-refractivity contribution >= 4 is 23.9 Å². The number of carbonyl (C=O) groups is 4. The summed E-state index contributed by atoms with van der Waals surface area (Å²) in [7, 11) is 0. The van der Waals surface area contributed by atoms with Crippen molar-refractivity contribution < 1.29 is 38.9 Å². The van der Waals surface area contributed by atoms with Crippen LogP contribution in [0.3, 0.4) is 0 Å². The maximum atomic E-state index is 12.6. The molecule has 8 nitrogen and oxygen atoms in total. The van der Waals surface area contributed by atoms with Crippen LogP contribution in [0.5, 0.6) is 0 Å². The second kappa shape index (κ2) is 31.4. The van der Waals surface area contributed by atoms with Crippen LogP contribution in [-0.2, 0) is 22.3 Å². The third-order valence-corrected chi connectivity index (χ3v) is 10.8. The second-order valence-corrected chi connectivity index (χ2v) is 15.3. The highest BCUT2D eigenvalue weighted by molar-refractivity contribution is 6.03. The minimum Gasteiger partial charge on any atom is -0.478 e. The smallest absolute Gasteiger partial charge is 0.339 e. The van der Waals surface area contributed by atoms with E-state index in [0.29, 0.717) is 42.6 Å². The van der Waals surface area contributed by atoms with Crippen molar-refractivity contribution in [3.05, 3.63) is 69.8 Å². The number of ether oxygens (including phenoxy) is 2. The van der Waals surface area contributed by atoms with Crippen LogP contribution in [0.15, 0.2) is 36.4 Å². The lowest BCUT2D eigenvalue weighted by atomic mass is 9.89. The molecule has 8 heteroatoms. The first-order valence-corrected chi connectivity index (χ1v) is 22.1. The maximum Gasteiger partial charge on any atom is 0.339 e. The zero-order chi connectivity index (χ0) is 41.6. The van der Waals surface area contributed by atoms with Crippen molar-refractivity contribution in [2.45, 2.75) is 183 Å². The fourth-order valence-corrected chi connectivity index (χ4v) is 6.99. The molecule has 0 spiro atoms. The van der Waals surface area contributed by atoms with Crippen LogP contribution in [0, 0.1) is 11.8 Å². The van der Waals surface area contributed by atoms with Crippen LogP contribution in [0.25, 0.3) is 0 Å². The summed E-state index contributed by atoms with van der Waals surface area (Å²) in [5.41, 5.74) is 2.27. The molecule has 0 aromatic heterocycles. The third kappa shape index (κ3) is 20.0. The molecule has 0 aliphatic rings. The van der Waals surface area contributed by atoms with E-state index in [9.17, 15) is 29.4 Å². The molecule has 2 unspecified atom stereocenters. The van der Waals surface area contributed by atoms with Crippen LogP contribution in [0.2, 0.25) is 0 Å². The third-order valence-electron chi connectivity index (χ3n) is 10.8. The number of benzene rings is 2. The lowest BCUT2D eigenvalue weighted by molar-refractivity contribution is 0.0381. The predicted octanol–water partition coefficient (Wildman–Crippen LogP) is 13.3. The molecular weight excluding hydrogens is 705 g/mol. The highest BCUT2D eigenvalue weighted by Crippen LogP contribution is 2.25. The number of unbranched alkanes of at least 4 members (excludes halogenated alkanes) is 12. The number of esters is 2. The zero-order valence-corrected chi connectivity index (χ0v) is 35.9. The summed E-state index contributed by atoms with van der Waals surface area (Å²) in [6, 6.07) is 10.1. The summed E-state index contributed by atoms with van der Waals surface area (Å²) in [5, 5.41) is 19.1. The molecule has 0 bridgehead atoms. The lowest BCUT2D eigenvalue weighted by Gasteiger charge is -2.17. The van der Waals surface area contributed by atoms with E-state index in [-0.39, 0.29) is 11.1 Å². The van der Waals surface area contributed by atoms with Gasteiger partial charge in [0, 0.05) is 0 Å². The first kappa shape index (κ1) is 50.3. The Morgan fingerprint density at radius 3 is 1.34 bits per heavy atom. The van der Waals surface area contributed by atoms with Gasteiger partial charge in [-0.3, -0.25) is 0 Å². The molecule has 56 heavy (non-hydrogen) atoms. The zero-order valence-electron chi connectivity index (χ0n) is 35.9. The Labute approximate surface area is 339 Å². The number of hydrogen-bond acceptors (Lipinski definition) is 6. The SMILES string of the molecule is CCCCC(CC)COC(=O)c1ccccc1C(=O)OCC(CC)CCCC.CCCCCCCCc1ccc(C(=O)O)c(C(=O)O)c1CCCCCCCC. The Morgan fingerprint density at radius 2 is 0.929 bits per heavy atom. The van der Waals surface area contributed by atoms with Crippen LogP contribution < -0.4 is 0 Å². The average Bonchev–Trinajstić information content (AvgIpc) is 3.20. The number of rotatable bonds is 30. The second-order valence-electron chi connectivity index (χ2n) is 15.3. The van der Waals surface area contributed by atoms with Crippen LogP contribution in [0.1, 0.15) is 223 Å². The molecule has 0 heterocycles. The Morgan fingerprint density at radius 1 is 0.500 bits per heavy atom. The van der Waals surface area contributed by atoms with Gasteiger partial charge in [-0.05, 0) is 79.7 Å². The summed E-state index contributed by atoms with van der Waals surface area (Å²) < 4.78 is 11.0. The molecule has 2 aromatic carbocycles. The van der Waals surface area contributed by atoms with Gasteiger partial charge in [-0.15, -0.1) is 0 Å². The van der Waals surface area contributed by atoms with Crippen molar-refractivity contribution in [2.24, 2.45) is 11.8 Å². The van der Waals surface area contributed by atoms with E-state index in [0.717, 1.165) is 101 Å². The Kier molecular flexibility index (Phi) is 28.2. The largest absolute Gasteiger partial charge is 0.478 e. The Hall–Kier alpha value is -3.68. The first-order valence-electron chi connectivity index (χ1n) is 22.1. The van der Waals surface area contributed by atoms with Crippen LogP contribution >= 0.6 is 0 Å². The summed E-state index contributed by atoms with van der Waals surface area (Å²) in [4.78, 5) is 48.5. The summed E-state index contributed by atoms with van der Waals surface area (Å²) in [5.74, 6) is -2.43. The molecule has 0 saturated carbocycles. The number of aromatic carboxylic acids is 2. The van der Waals surface area contributed by atoms with E-state index >= 15 is 0 Å². The van der Waals surface area contributed by atoms with E-state index in [1.807, 2.05) is 6.07 Å². The molecule has 2 N–H and O–H groups in total. The summed E-state index contributed by atoms with van der Waals surface area (Å²) >= 11 is 0. The van der Waals surface area contributed by atoms with Crippen molar-refractivity contribution in [2.75, 3.05) is 13.2 Å². The van der Waals surface area contributed by atoms with Gasteiger partial charge >= 0.3 is 23.9 Å². The number of carboxylic acids is 2. The highest BCUT2D eigenvalue weighted by Gasteiger charge is 2.23. The molecule has 0 aliphatic heterocycles. The molecular formula is C48H76O8. The fraction of sp³-hybridized carbons (Fsp3) is 0.667. The van der Waals surface area contributed by atoms with Gasteiger partial charge in [-0.2, -0.15) is 0 Å². The predicted molar refractivity (Wildman–Crippen MR) is 228 cm³/mol. The lowest BCUT2D eigenvalue weighted by Crippen LogP contribution is -2.19. The summed E-state index contributed by atoms with van der Waals surface area (Å²) in [6.45, 7) is 13.7. The van der Waals surface area contributed by atoms with Gasteiger partial charge in [-0.25, -0.2) is 19.2 Å². The number of hydrogen-bond donors (Lipinski definition) is 2. The van der Waals surface area contributed by atoms with Crippen molar-refractivity contribution in [1.29, 1.82) is 0 Å². The molecule has 2 rings (SSSR count). The monoisotopic (exact) mass is 781 g/mol. The minimum atomic E-state index is -1.16. The van der Waals surface area contributed by atoms with E-state index in [1.165, 1.54) is 51.0 Å². The van der Waals surface area contributed by atoms with Gasteiger partial charge in [0.2, 0.25) is 0 Å². The van der Waals surface area contributed by atoms with Crippen molar-refractivity contribution in [1.82, 2.24) is 0 Å². The van der Waals surface area contributed by atoms with Gasteiger partial charge in [0.1, 0.15) is 0 Å². The normalized spacial score (nSPS) is 12.0. The number of carbonyl (C=O) groups excluding carboxylic acids is 2. The van der Waals surface area contributed by atoms with Gasteiger partial charge in [0.05, 0.1) is 35.5 Å². The van der Waals surface area contributed by atoms with Crippen molar-refractivity contribution in [3.63, 3.8) is 0 Å². The van der Waals surface area contributed by atoms with E-state index in [4.69, 9.17) is 9.47 Å². The minimum absolute atomic E-state index is 0.00420. The molecule has 0 amide bonds. The Balaban J connectivity index is 0.000000560. The molecule has 0 aliphatic carbocycles. The summed E-state index contributed by atoms with van der Waals surface area (Å²) in [6.07, 6.45) is 24.0. The maximum absolute atomic E-state index is 12.6.